The second-order valence-corrected chi connectivity index (χ2v) is 7.31. The SMILES string of the molecule is COOOSc1cc2c(S(=O)(=O)OC)cc(C)c(N)c2c(O)c1C. The lowest BCUT2D eigenvalue weighted by Gasteiger charge is -2.16. The fourth-order valence-corrected chi connectivity index (χ4v) is 3.70. The van der Waals surface area contributed by atoms with Crippen molar-refractivity contribution in [3.8, 4) is 5.75 Å². The number of hydrogen-bond donors (Lipinski definition) is 2. The van der Waals surface area contributed by atoms with E-state index in [0.29, 0.717) is 16.0 Å². The van der Waals surface area contributed by atoms with Gasteiger partial charge < -0.3 is 10.8 Å². The molecule has 0 bridgehead atoms. The third kappa shape index (κ3) is 3.29. The topological polar surface area (TPSA) is 117 Å². The molecule has 0 aliphatic rings. The van der Waals surface area contributed by atoms with Crippen LogP contribution in [0.5, 0.6) is 5.75 Å². The van der Waals surface area contributed by atoms with E-state index in [1.54, 1.807) is 13.8 Å². The van der Waals surface area contributed by atoms with Crippen molar-refractivity contribution in [1.29, 1.82) is 0 Å². The van der Waals surface area contributed by atoms with E-state index in [-0.39, 0.29) is 27.1 Å². The molecular weight excluding hydrogens is 358 g/mol. The van der Waals surface area contributed by atoms with E-state index in [0.717, 1.165) is 19.2 Å². The van der Waals surface area contributed by atoms with Gasteiger partial charge in [-0.05, 0) is 31.5 Å². The lowest BCUT2D eigenvalue weighted by molar-refractivity contribution is -0.447. The van der Waals surface area contributed by atoms with Crippen molar-refractivity contribution in [3.63, 3.8) is 0 Å². The number of nitrogen functional groups attached to an aromatic ring is 1. The molecule has 0 aliphatic heterocycles. The smallest absolute Gasteiger partial charge is 0.297 e. The number of aromatic hydroxyl groups is 1. The van der Waals surface area contributed by atoms with E-state index in [1.165, 1.54) is 19.2 Å². The predicted molar refractivity (Wildman–Crippen MR) is 88.7 cm³/mol. The molecule has 0 atom stereocenters. The summed E-state index contributed by atoms with van der Waals surface area (Å²) in [6.07, 6.45) is 0. The van der Waals surface area contributed by atoms with Crippen LogP contribution in [0.1, 0.15) is 11.1 Å². The molecule has 0 heterocycles. The Morgan fingerprint density at radius 2 is 1.88 bits per heavy atom. The number of fused-ring (bicyclic) bond motifs is 1. The van der Waals surface area contributed by atoms with Crippen molar-refractivity contribution in [2.24, 2.45) is 0 Å². The maximum atomic E-state index is 12.2. The molecule has 2 aromatic carbocycles. The van der Waals surface area contributed by atoms with E-state index in [4.69, 9.17) is 10.1 Å². The Morgan fingerprint density at radius 1 is 1.21 bits per heavy atom. The molecule has 2 rings (SSSR count). The number of rotatable bonds is 6. The number of hydrogen-bond acceptors (Lipinski definition) is 9. The minimum Gasteiger partial charge on any atom is -0.507 e. The van der Waals surface area contributed by atoms with E-state index < -0.39 is 10.1 Å². The molecule has 0 aromatic heterocycles. The minimum atomic E-state index is -4.01. The molecule has 3 N–H and O–H groups in total. The summed E-state index contributed by atoms with van der Waals surface area (Å²) < 4.78 is 33.8. The van der Waals surface area contributed by atoms with Gasteiger partial charge in [0, 0.05) is 26.9 Å². The predicted octanol–water partition coefficient (Wildman–Crippen LogP) is 2.60. The van der Waals surface area contributed by atoms with Crippen molar-refractivity contribution in [1.82, 2.24) is 0 Å². The first kappa shape index (κ1) is 18.8. The molecule has 0 fully saturated rings. The standard InChI is InChI=1S/C14H17NO7S2/c1-7-5-11(24(17,18)20-4)9-6-10(23-22-21-19-3)8(2)14(16)12(9)13(7)15/h5-6,16H,15H2,1-4H3. The summed E-state index contributed by atoms with van der Waals surface area (Å²) in [5.74, 6) is -0.148. The van der Waals surface area contributed by atoms with Crippen LogP contribution in [0.4, 0.5) is 5.69 Å². The molecule has 24 heavy (non-hydrogen) atoms. The largest absolute Gasteiger partial charge is 0.507 e. The molecule has 0 aliphatic carbocycles. The summed E-state index contributed by atoms with van der Waals surface area (Å²) in [4.78, 5) is 4.63. The van der Waals surface area contributed by atoms with Crippen LogP contribution in [0.3, 0.4) is 0 Å². The van der Waals surface area contributed by atoms with Gasteiger partial charge in [-0.3, -0.25) is 4.18 Å². The van der Waals surface area contributed by atoms with Crippen LogP contribution in [0, 0.1) is 13.8 Å². The summed E-state index contributed by atoms with van der Waals surface area (Å²) >= 11 is 0.754. The average Bonchev–Trinajstić information content (AvgIpc) is 2.55. The molecular formula is C14H17NO7S2. The van der Waals surface area contributed by atoms with E-state index in [1.807, 2.05) is 0 Å². The Morgan fingerprint density at radius 3 is 2.46 bits per heavy atom. The summed E-state index contributed by atoms with van der Waals surface area (Å²) in [7, 11) is -1.68. The van der Waals surface area contributed by atoms with Gasteiger partial charge in [-0.2, -0.15) is 8.42 Å². The highest BCUT2D eigenvalue weighted by Crippen LogP contribution is 2.43. The van der Waals surface area contributed by atoms with Crippen molar-refractivity contribution in [2.75, 3.05) is 20.0 Å². The quantitative estimate of drug-likeness (QED) is 0.196. The van der Waals surface area contributed by atoms with Crippen LogP contribution in [-0.2, 0) is 28.6 Å². The van der Waals surface area contributed by atoms with E-state index in [9.17, 15) is 13.5 Å². The summed E-state index contributed by atoms with van der Waals surface area (Å²) in [5, 5.41) is 15.3. The maximum absolute atomic E-state index is 12.2. The number of phenols is 1. The van der Waals surface area contributed by atoms with Gasteiger partial charge in [0.05, 0.1) is 26.3 Å². The minimum absolute atomic E-state index is 0.100. The van der Waals surface area contributed by atoms with Gasteiger partial charge in [0.1, 0.15) is 10.6 Å². The van der Waals surface area contributed by atoms with Gasteiger partial charge in [0.2, 0.25) is 0 Å². The molecule has 0 spiro atoms. The van der Waals surface area contributed by atoms with Gasteiger partial charge in [-0.1, -0.05) is 5.04 Å². The van der Waals surface area contributed by atoms with E-state index in [2.05, 4.69) is 14.1 Å². The second-order valence-electron chi connectivity index (χ2n) is 4.88. The first-order chi connectivity index (χ1) is 11.2. The highest BCUT2D eigenvalue weighted by Gasteiger charge is 2.23. The van der Waals surface area contributed by atoms with Crippen molar-refractivity contribution in [3.05, 3.63) is 23.3 Å². The van der Waals surface area contributed by atoms with Crippen LogP contribution in [0.25, 0.3) is 10.8 Å². The van der Waals surface area contributed by atoms with Crippen LogP contribution in [0.2, 0.25) is 0 Å². The van der Waals surface area contributed by atoms with Crippen LogP contribution in [-0.4, -0.2) is 27.7 Å². The molecule has 2 aromatic rings. The van der Waals surface area contributed by atoms with Crippen LogP contribution < -0.4 is 5.73 Å². The Hall–Kier alpha value is -1.56. The monoisotopic (exact) mass is 375 g/mol. The molecule has 132 valence electrons. The fourth-order valence-electron chi connectivity index (χ4n) is 2.22. The zero-order valence-electron chi connectivity index (χ0n) is 13.4. The molecule has 8 nitrogen and oxygen atoms in total. The van der Waals surface area contributed by atoms with Crippen LogP contribution >= 0.6 is 12.0 Å². The van der Waals surface area contributed by atoms with Gasteiger partial charge in [-0.15, -0.1) is 4.33 Å². The molecule has 0 amide bonds. The zero-order chi connectivity index (χ0) is 18.1. The lowest BCUT2D eigenvalue weighted by atomic mass is 10.0. The maximum Gasteiger partial charge on any atom is 0.297 e. The first-order valence-electron chi connectivity index (χ1n) is 6.64. The Labute approximate surface area is 143 Å². The van der Waals surface area contributed by atoms with Crippen molar-refractivity contribution < 1.29 is 32.0 Å². The molecule has 10 heteroatoms. The third-order valence-corrected chi connectivity index (χ3v) is 5.56. The highest BCUT2D eigenvalue weighted by atomic mass is 32.2. The van der Waals surface area contributed by atoms with Gasteiger partial charge in [0.15, 0.2) is 0 Å². The number of anilines is 1. The molecule has 0 radical (unpaired) electrons. The van der Waals surface area contributed by atoms with Gasteiger partial charge in [-0.25, -0.2) is 4.89 Å². The molecule has 0 saturated heterocycles. The highest BCUT2D eigenvalue weighted by molar-refractivity contribution is 7.94. The van der Waals surface area contributed by atoms with Gasteiger partial charge >= 0.3 is 0 Å². The number of nitrogens with two attached hydrogens (primary N) is 1. The average molecular weight is 375 g/mol. The third-order valence-electron chi connectivity index (χ3n) is 3.52. The Kier molecular flexibility index (Phi) is 5.58. The molecule has 0 unspecified atom stereocenters. The first-order valence-corrected chi connectivity index (χ1v) is 8.79. The Balaban J connectivity index is 2.82. The number of aryl methyl sites for hydroxylation is 1. The van der Waals surface area contributed by atoms with E-state index >= 15 is 0 Å². The number of phenolic OH excluding ortho intramolecular Hbond substituents is 1. The normalized spacial score (nSPS) is 12.0. The summed E-state index contributed by atoms with van der Waals surface area (Å²) in [6, 6.07) is 2.92. The lowest BCUT2D eigenvalue weighted by Crippen LogP contribution is -2.06. The fraction of sp³-hybridized carbons (Fsp3) is 0.286. The summed E-state index contributed by atoms with van der Waals surface area (Å²) in [6.45, 7) is 3.29. The van der Waals surface area contributed by atoms with Gasteiger partial charge in [0.25, 0.3) is 10.1 Å². The van der Waals surface area contributed by atoms with Crippen LogP contribution in [0.15, 0.2) is 21.9 Å². The Bertz CT molecular complexity index is 881. The van der Waals surface area contributed by atoms with Crippen molar-refractivity contribution >= 4 is 38.6 Å². The number of benzene rings is 2. The zero-order valence-corrected chi connectivity index (χ0v) is 15.1. The van der Waals surface area contributed by atoms with Crippen molar-refractivity contribution in [2.45, 2.75) is 23.6 Å². The molecule has 0 saturated carbocycles. The second kappa shape index (κ2) is 7.13. The summed E-state index contributed by atoms with van der Waals surface area (Å²) in [5.41, 5.74) is 7.27.